The van der Waals surface area contributed by atoms with Gasteiger partial charge in [-0.25, -0.2) is 4.98 Å². The van der Waals surface area contributed by atoms with Gasteiger partial charge in [-0.2, -0.15) is 0 Å². The van der Waals surface area contributed by atoms with Gasteiger partial charge < -0.3 is 9.47 Å². The molecule has 2 amide bonds. The highest BCUT2D eigenvalue weighted by molar-refractivity contribution is 6.29. The Balaban J connectivity index is 2.69. The summed E-state index contributed by atoms with van der Waals surface area (Å²) >= 11 is 5.66. The van der Waals surface area contributed by atoms with Gasteiger partial charge in [0.1, 0.15) is 23.1 Å². The number of nitrogens with zero attached hydrogens (tertiary/aromatic N) is 1. The van der Waals surface area contributed by atoms with Crippen molar-refractivity contribution in [2.45, 2.75) is 0 Å². The van der Waals surface area contributed by atoms with Crippen LogP contribution in [0.5, 0.6) is 5.75 Å². The van der Waals surface area contributed by atoms with Gasteiger partial charge in [-0.3, -0.25) is 20.4 Å². The lowest BCUT2D eigenvalue weighted by molar-refractivity contribution is -0.125. The zero-order valence-electron chi connectivity index (χ0n) is 9.82. The Labute approximate surface area is 108 Å². The average Bonchev–Trinajstić information content (AvgIpc) is 2.36. The van der Waals surface area contributed by atoms with Crippen LogP contribution in [0.2, 0.25) is 5.15 Å². The van der Waals surface area contributed by atoms with Gasteiger partial charge in [0.25, 0.3) is 11.8 Å². The van der Waals surface area contributed by atoms with Crippen molar-refractivity contribution in [2.24, 2.45) is 0 Å². The molecule has 18 heavy (non-hydrogen) atoms. The molecule has 0 atom stereocenters. The minimum absolute atomic E-state index is 0.152. The van der Waals surface area contributed by atoms with Gasteiger partial charge in [0.15, 0.2) is 0 Å². The molecule has 0 saturated heterocycles. The van der Waals surface area contributed by atoms with E-state index in [1.165, 1.54) is 26.5 Å². The molecule has 0 saturated carbocycles. The van der Waals surface area contributed by atoms with E-state index in [9.17, 15) is 9.59 Å². The Morgan fingerprint density at radius 2 is 2.11 bits per heavy atom. The van der Waals surface area contributed by atoms with Gasteiger partial charge in [-0.1, -0.05) is 11.6 Å². The maximum Gasteiger partial charge on any atom is 0.275 e. The van der Waals surface area contributed by atoms with E-state index in [2.05, 4.69) is 20.6 Å². The Kier molecular flexibility index (Phi) is 5.34. The molecule has 0 unspecified atom stereocenters. The summed E-state index contributed by atoms with van der Waals surface area (Å²) in [5.41, 5.74) is 4.52. The lowest BCUT2D eigenvalue weighted by atomic mass is 10.2. The van der Waals surface area contributed by atoms with E-state index in [-0.39, 0.29) is 23.1 Å². The fraction of sp³-hybridized carbons (Fsp3) is 0.300. The fourth-order valence-electron chi connectivity index (χ4n) is 1.11. The third kappa shape index (κ3) is 3.86. The Hall–Kier alpha value is -1.86. The van der Waals surface area contributed by atoms with E-state index in [0.29, 0.717) is 0 Å². The molecule has 0 fully saturated rings. The normalized spacial score (nSPS) is 9.72. The molecule has 0 radical (unpaired) electrons. The number of hydrazine groups is 1. The highest BCUT2D eigenvalue weighted by Crippen LogP contribution is 2.20. The number of aromatic nitrogens is 1. The van der Waals surface area contributed by atoms with Gasteiger partial charge in [0, 0.05) is 19.4 Å². The molecule has 0 aromatic carbocycles. The van der Waals surface area contributed by atoms with Crippen molar-refractivity contribution < 1.29 is 19.1 Å². The molecule has 0 spiro atoms. The number of methoxy groups -OCH3 is 2. The molecular formula is C10H12ClN3O4. The number of ether oxygens (including phenoxy) is 2. The number of pyridine rings is 1. The van der Waals surface area contributed by atoms with Crippen molar-refractivity contribution in [3.63, 3.8) is 0 Å². The first-order chi connectivity index (χ1) is 8.58. The van der Waals surface area contributed by atoms with Gasteiger partial charge in [0.2, 0.25) is 0 Å². The van der Waals surface area contributed by atoms with Crippen LogP contribution in [0.1, 0.15) is 10.4 Å². The zero-order valence-corrected chi connectivity index (χ0v) is 10.6. The SMILES string of the molecule is COCC(=O)NNC(=O)c1cnc(Cl)cc1OC. The molecule has 1 heterocycles. The highest BCUT2D eigenvalue weighted by Gasteiger charge is 2.14. The van der Waals surface area contributed by atoms with E-state index in [0.717, 1.165) is 0 Å². The molecule has 7 nitrogen and oxygen atoms in total. The van der Waals surface area contributed by atoms with E-state index < -0.39 is 11.8 Å². The van der Waals surface area contributed by atoms with Crippen molar-refractivity contribution in [2.75, 3.05) is 20.8 Å². The van der Waals surface area contributed by atoms with Gasteiger partial charge in [-0.15, -0.1) is 0 Å². The smallest absolute Gasteiger partial charge is 0.275 e. The summed E-state index contributed by atoms with van der Waals surface area (Å²) in [7, 11) is 2.76. The van der Waals surface area contributed by atoms with Crippen LogP contribution in [-0.4, -0.2) is 37.6 Å². The number of rotatable bonds is 4. The summed E-state index contributed by atoms with van der Waals surface area (Å²) in [6, 6.07) is 1.40. The van der Waals surface area contributed by atoms with Crippen LogP contribution in [0, 0.1) is 0 Å². The molecule has 0 aliphatic rings. The third-order valence-corrected chi connectivity index (χ3v) is 2.09. The number of carbonyl (C=O) groups excluding carboxylic acids is 2. The minimum Gasteiger partial charge on any atom is -0.496 e. The molecule has 0 aliphatic carbocycles. The quantitative estimate of drug-likeness (QED) is 0.602. The van der Waals surface area contributed by atoms with Crippen LogP contribution in [0.4, 0.5) is 0 Å². The second-order valence-electron chi connectivity index (χ2n) is 3.14. The number of hydrogen-bond donors (Lipinski definition) is 2. The molecular weight excluding hydrogens is 262 g/mol. The molecule has 98 valence electrons. The van der Waals surface area contributed by atoms with Crippen LogP contribution in [-0.2, 0) is 9.53 Å². The van der Waals surface area contributed by atoms with Crippen molar-refractivity contribution in [3.05, 3.63) is 23.0 Å². The van der Waals surface area contributed by atoms with Gasteiger partial charge >= 0.3 is 0 Å². The third-order valence-electron chi connectivity index (χ3n) is 1.89. The summed E-state index contributed by atoms with van der Waals surface area (Å²) < 4.78 is 9.56. The Morgan fingerprint density at radius 3 is 2.72 bits per heavy atom. The monoisotopic (exact) mass is 273 g/mol. The van der Waals surface area contributed by atoms with Crippen molar-refractivity contribution in [1.29, 1.82) is 0 Å². The Bertz CT molecular complexity index is 453. The van der Waals surface area contributed by atoms with E-state index in [4.69, 9.17) is 16.3 Å². The second kappa shape index (κ2) is 6.77. The number of halogens is 1. The van der Waals surface area contributed by atoms with Crippen LogP contribution >= 0.6 is 11.6 Å². The van der Waals surface area contributed by atoms with Crippen LogP contribution in [0.3, 0.4) is 0 Å². The largest absolute Gasteiger partial charge is 0.496 e. The first kappa shape index (κ1) is 14.2. The number of nitrogens with one attached hydrogen (secondary N) is 2. The minimum atomic E-state index is -0.569. The number of amides is 2. The predicted octanol–water partition coefficient (Wildman–Crippen LogP) is 0.151. The van der Waals surface area contributed by atoms with E-state index >= 15 is 0 Å². The van der Waals surface area contributed by atoms with E-state index in [1.807, 2.05) is 0 Å². The second-order valence-corrected chi connectivity index (χ2v) is 3.53. The van der Waals surface area contributed by atoms with Gasteiger partial charge in [0.05, 0.1) is 7.11 Å². The number of hydrogen-bond acceptors (Lipinski definition) is 5. The van der Waals surface area contributed by atoms with Crippen molar-refractivity contribution in [3.8, 4) is 5.75 Å². The fourth-order valence-corrected chi connectivity index (χ4v) is 1.26. The highest BCUT2D eigenvalue weighted by atomic mass is 35.5. The van der Waals surface area contributed by atoms with Crippen molar-refractivity contribution in [1.82, 2.24) is 15.8 Å². The Morgan fingerprint density at radius 1 is 1.39 bits per heavy atom. The first-order valence-corrected chi connectivity index (χ1v) is 5.24. The van der Waals surface area contributed by atoms with Crippen molar-refractivity contribution >= 4 is 23.4 Å². The van der Waals surface area contributed by atoms with E-state index in [1.54, 1.807) is 0 Å². The lowest BCUT2D eigenvalue weighted by Crippen LogP contribution is -2.43. The van der Waals surface area contributed by atoms with Crippen LogP contribution < -0.4 is 15.6 Å². The summed E-state index contributed by atoms with van der Waals surface area (Å²) in [4.78, 5) is 26.5. The number of carbonyl (C=O) groups is 2. The molecule has 8 heteroatoms. The molecule has 1 aromatic rings. The molecule has 0 aliphatic heterocycles. The standard InChI is InChI=1S/C10H12ClN3O4/c1-17-5-9(15)13-14-10(16)6-4-12-8(11)3-7(6)18-2/h3-4H,5H2,1-2H3,(H,13,15)(H,14,16). The predicted molar refractivity (Wildman–Crippen MR) is 63.3 cm³/mol. The molecule has 2 N–H and O–H groups in total. The molecule has 1 aromatic heterocycles. The summed E-state index contributed by atoms with van der Waals surface area (Å²) in [6.45, 7) is -0.156. The maximum absolute atomic E-state index is 11.7. The summed E-state index contributed by atoms with van der Waals surface area (Å²) in [5, 5.41) is 0.201. The summed E-state index contributed by atoms with van der Waals surface area (Å²) in [6.07, 6.45) is 1.25. The van der Waals surface area contributed by atoms with Crippen LogP contribution in [0.25, 0.3) is 0 Å². The van der Waals surface area contributed by atoms with Gasteiger partial charge in [-0.05, 0) is 0 Å². The first-order valence-electron chi connectivity index (χ1n) is 4.86. The lowest BCUT2D eigenvalue weighted by Gasteiger charge is -2.09. The van der Waals surface area contributed by atoms with Crippen LogP contribution in [0.15, 0.2) is 12.3 Å². The zero-order chi connectivity index (χ0) is 13.5. The average molecular weight is 274 g/mol. The molecule has 0 bridgehead atoms. The summed E-state index contributed by atoms with van der Waals surface area (Å²) in [5.74, 6) is -0.791. The maximum atomic E-state index is 11.7. The molecule has 1 rings (SSSR count). The topological polar surface area (TPSA) is 89.6 Å².